The summed E-state index contributed by atoms with van der Waals surface area (Å²) in [5.41, 5.74) is 0.525. The molecule has 0 amide bonds. The number of hydrogen-bond donors (Lipinski definition) is 0. The molecule has 1 aromatic rings. The lowest BCUT2D eigenvalue weighted by atomic mass is 10.3. The molecule has 0 fully saturated rings. The molecule has 0 aliphatic heterocycles. The van der Waals surface area contributed by atoms with Crippen LogP contribution in [0, 0.1) is 11.3 Å². The van der Waals surface area contributed by atoms with Gasteiger partial charge >= 0.3 is 0 Å². The van der Waals surface area contributed by atoms with Gasteiger partial charge in [0, 0.05) is 11.4 Å². The SMILES string of the molecule is CC(C)N(C)Cc1nc(C#N)cs1. The van der Waals surface area contributed by atoms with Crippen molar-refractivity contribution in [2.75, 3.05) is 7.05 Å². The van der Waals surface area contributed by atoms with E-state index < -0.39 is 0 Å². The molecule has 13 heavy (non-hydrogen) atoms. The summed E-state index contributed by atoms with van der Waals surface area (Å²) in [5, 5.41) is 11.4. The van der Waals surface area contributed by atoms with Crippen LogP contribution in [0.5, 0.6) is 0 Å². The topological polar surface area (TPSA) is 39.9 Å². The van der Waals surface area contributed by atoms with Gasteiger partial charge < -0.3 is 0 Å². The summed E-state index contributed by atoms with van der Waals surface area (Å²) >= 11 is 1.54. The van der Waals surface area contributed by atoms with Crippen LogP contribution in [0.2, 0.25) is 0 Å². The molecule has 0 atom stereocenters. The Morgan fingerprint density at radius 1 is 1.69 bits per heavy atom. The van der Waals surface area contributed by atoms with Crippen molar-refractivity contribution in [1.82, 2.24) is 9.88 Å². The van der Waals surface area contributed by atoms with Crippen LogP contribution in [-0.4, -0.2) is 23.0 Å². The van der Waals surface area contributed by atoms with Crippen molar-refractivity contribution >= 4 is 11.3 Å². The molecule has 0 saturated carbocycles. The first-order valence-electron chi connectivity index (χ1n) is 4.18. The number of hydrogen-bond acceptors (Lipinski definition) is 4. The molecule has 1 aromatic heterocycles. The van der Waals surface area contributed by atoms with E-state index in [0.717, 1.165) is 11.6 Å². The van der Waals surface area contributed by atoms with E-state index in [1.165, 1.54) is 0 Å². The zero-order valence-electron chi connectivity index (χ0n) is 8.11. The average Bonchev–Trinajstić information content (AvgIpc) is 2.52. The molecule has 0 aliphatic carbocycles. The maximum Gasteiger partial charge on any atom is 0.151 e. The zero-order valence-corrected chi connectivity index (χ0v) is 8.93. The van der Waals surface area contributed by atoms with Crippen LogP contribution < -0.4 is 0 Å². The summed E-state index contributed by atoms with van der Waals surface area (Å²) in [6.45, 7) is 5.10. The van der Waals surface area contributed by atoms with Crippen molar-refractivity contribution in [3.63, 3.8) is 0 Å². The van der Waals surface area contributed by atoms with Crippen molar-refractivity contribution < 1.29 is 0 Å². The Bertz CT molecular complexity index is 311. The van der Waals surface area contributed by atoms with E-state index in [-0.39, 0.29) is 0 Å². The van der Waals surface area contributed by atoms with Gasteiger partial charge in [0.2, 0.25) is 0 Å². The first-order chi connectivity index (χ1) is 6.13. The number of nitrogens with zero attached hydrogens (tertiary/aromatic N) is 3. The second-order valence-electron chi connectivity index (χ2n) is 3.25. The van der Waals surface area contributed by atoms with Crippen molar-refractivity contribution in [3.8, 4) is 6.07 Å². The van der Waals surface area contributed by atoms with Crippen LogP contribution in [0.3, 0.4) is 0 Å². The fraction of sp³-hybridized carbons (Fsp3) is 0.556. The Morgan fingerprint density at radius 3 is 2.85 bits per heavy atom. The Balaban J connectivity index is 2.60. The molecule has 1 heterocycles. The lowest BCUT2D eigenvalue weighted by Gasteiger charge is -2.18. The highest BCUT2D eigenvalue weighted by atomic mass is 32.1. The van der Waals surface area contributed by atoms with E-state index in [2.05, 4.69) is 30.8 Å². The molecule has 0 unspecified atom stereocenters. The minimum Gasteiger partial charge on any atom is -0.297 e. The second kappa shape index (κ2) is 4.35. The number of rotatable bonds is 3. The van der Waals surface area contributed by atoms with Gasteiger partial charge in [0.15, 0.2) is 5.69 Å². The fourth-order valence-corrected chi connectivity index (χ4v) is 1.61. The molecule has 70 valence electrons. The molecule has 3 nitrogen and oxygen atoms in total. The molecular weight excluding hydrogens is 182 g/mol. The molecule has 0 radical (unpaired) electrons. The van der Waals surface area contributed by atoms with Crippen LogP contribution in [0.25, 0.3) is 0 Å². The van der Waals surface area contributed by atoms with Crippen molar-refractivity contribution in [2.45, 2.75) is 26.4 Å². The van der Waals surface area contributed by atoms with Gasteiger partial charge in [0.05, 0.1) is 6.54 Å². The minimum atomic E-state index is 0.509. The van der Waals surface area contributed by atoms with Crippen LogP contribution >= 0.6 is 11.3 Å². The van der Waals surface area contributed by atoms with E-state index in [0.29, 0.717) is 11.7 Å². The molecule has 0 spiro atoms. The summed E-state index contributed by atoms with van der Waals surface area (Å²) in [4.78, 5) is 6.36. The van der Waals surface area contributed by atoms with E-state index in [1.54, 1.807) is 16.7 Å². The largest absolute Gasteiger partial charge is 0.297 e. The van der Waals surface area contributed by atoms with Crippen molar-refractivity contribution in [3.05, 3.63) is 16.1 Å². The standard InChI is InChI=1S/C9H13N3S/c1-7(2)12(3)5-9-11-8(4-10)6-13-9/h6-7H,5H2,1-3H3. The fourth-order valence-electron chi connectivity index (χ4n) is 0.831. The molecule has 0 bridgehead atoms. The summed E-state index contributed by atoms with van der Waals surface area (Å²) < 4.78 is 0. The maximum absolute atomic E-state index is 8.57. The Morgan fingerprint density at radius 2 is 2.38 bits per heavy atom. The van der Waals surface area contributed by atoms with Gasteiger partial charge in [-0.1, -0.05) is 0 Å². The van der Waals surface area contributed by atoms with Gasteiger partial charge in [0.1, 0.15) is 11.1 Å². The highest BCUT2D eigenvalue weighted by molar-refractivity contribution is 7.09. The van der Waals surface area contributed by atoms with Crippen LogP contribution in [-0.2, 0) is 6.54 Å². The van der Waals surface area contributed by atoms with Crippen molar-refractivity contribution in [1.29, 1.82) is 5.26 Å². The van der Waals surface area contributed by atoms with E-state index in [9.17, 15) is 0 Å². The summed E-state index contributed by atoms with van der Waals surface area (Å²) in [7, 11) is 2.05. The van der Waals surface area contributed by atoms with Gasteiger partial charge in [-0.2, -0.15) is 5.26 Å². The number of nitriles is 1. The number of thiazole rings is 1. The molecule has 4 heteroatoms. The minimum absolute atomic E-state index is 0.509. The van der Waals surface area contributed by atoms with Gasteiger partial charge in [-0.25, -0.2) is 4.98 Å². The molecule has 1 rings (SSSR count). The summed E-state index contributed by atoms with van der Waals surface area (Å²) in [6, 6.07) is 2.54. The molecular formula is C9H13N3S. The number of aromatic nitrogens is 1. The lowest BCUT2D eigenvalue weighted by molar-refractivity contribution is 0.265. The van der Waals surface area contributed by atoms with Gasteiger partial charge in [-0.3, -0.25) is 4.90 Å². The predicted molar refractivity (Wildman–Crippen MR) is 53.4 cm³/mol. The molecule has 0 aromatic carbocycles. The summed E-state index contributed by atoms with van der Waals surface area (Å²) in [6.07, 6.45) is 0. The summed E-state index contributed by atoms with van der Waals surface area (Å²) in [5.74, 6) is 0. The quantitative estimate of drug-likeness (QED) is 0.739. The normalized spacial score (nSPS) is 10.8. The Labute approximate surface area is 82.6 Å². The third-order valence-corrected chi connectivity index (χ3v) is 2.77. The molecule has 0 N–H and O–H groups in total. The Hall–Kier alpha value is -0.920. The zero-order chi connectivity index (χ0) is 9.84. The molecule has 0 saturated heterocycles. The van der Waals surface area contributed by atoms with E-state index in [1.807, 2.05) is 6.07 Å². The maximum atomic E-state index is 8.57. The highest BCUT2D eigenvalue weighted by Crippen LogP contribution is 2.11. The van der Waals surface area contributed by atoms with E-state index in [4.69, 9.17) is 5.26 Å². The predicted octanol–water partition coefficient (Wildman–Crippen LogP) is 1.85. The van der Waals surface area contributed by atoms with Gasteiger partial charge in [-0.15, -0.1) is 11.3 Å². The average molecular weight is 195 g/mol. The Kier molecular flexibility index (Phi) is 3.40. The van der Waals surface area contributed by atoms with Crippen LogP contribution in [0.1, 0.15) is 24.5 Å². The van der Waals surface area contributed by atoms with E-state index >= 15 is 0 Å². The van der Waals surface area contributed by atoms with Gasteiger partial charge in [-0.05, 0) is 20.9 Å². The van der Waals surface area contributed by atoms with Crippen molar-refractivity contribution in [2.24, 2.45) is 0 Å². The van der Waals surface area contributed by atoms with Gasteiger partial charge in [0.25, 0.3) is 0 Å². The van der Waals surface area contributed by atoms with Crippen LogP contribution in [0.15, 0.2) is 5.38 Å². The second-order valence-corrected chi connectivity index (χ2v) is 4.19. The third kappa shape index (κ3) is 2.79. The first kappa shape index (κ1) is 10.2. The highest BCUT2D eigenvalue weighted by Gasteiger charge is 2.07. The van der Waals surface area contributed by atoms with Crippen LogP contribution in [0.4, 0.5) is 0 Å². The molecule has 0 aliphatic rings. The first-order valence-corrected chi connectivity index (χ1v) is 5.06. The lowest BCUT2D eigenvalue weighted by Crippen LogP contribution is -2.25. The third-order valence-electron chi connectivity index (χ3n) is 1.93. The smallest absolute Gasteiger partial charge is 0.151 e. The monoisotopic (exact) mass is 195 g/mol.